The van der Waals surface area contributed by atoms with Crippen LogP contribution in [0.25, 0.3) is 10.8 Å². The number of piperazine rings is 1. The molecule has 2 fully saturated rings. The lowest BCUT2D eigenvalue weighted by atomic mass is 9.79. The van der Waals surface area contributed by atoms with E-state index in [9.17, 15) is 24.6 Å². The van der Waals surface area contributed by atoms with Crippen LogP contribution in [0.1, 0.15) is 85.1 Å². The molecule has 4 rings (SSSR count). The van der Waals surface area contributed by atoms with Crippen LogP contribution >= 0.6 is 0 Å². The lowest BCUT2D eigenvalue weighted by Gasteiger charge is -2.44. The van der Waals surface area contributed by atoms with Crippen LogP contribution in [0.5, 0.6) is 0 Å². The molecule has 1 heterocycles. The number of fused-ring (bicyclic) bond motifs is 1. The van der Waals surface area contributed by atoms with E-state index in [4.69, 9.17) is 0 Å². The summed E-state index contributed by atoms with van der Waals surface area (Å²) in [5.74, 6) is -0.730. The van der Waals surface area contributed by atoms with Crippen molar-refractivity contribution in [2.75, 3.05) is 33.2 Å². The van der Waals surface area contributed by atoms with Crippen LogP contribution in [-0.4, -0.2) is 107 Å². The van der Waals surface area contributed by atoms with Gasteiger partial charge in [-0.15, -0.1) is 0 Å². The van der Waals surface area contributed by atoms with Gasteiger partial charge in [0.25, 0.3) is 0 Å². The minimum atomic E-state index is -1.21. The van der Waals surface area contributed by atoms with Gasteiger partial charge in [-0.05, 0) is 67.8 Å². The first-order chi connectivity index (χ1) is 23.3. The van der Waals surface area contributed by atoms with Gasteiger partial charge in [0.1, 0.15) is 12.1 Å². The minimum Gasteiger partial charge on any atom is -0.390 e. The summed E-state index contributed by atoms with van der Waals surface area (Å²) in [6.07, 6.45) is 3.35. The van der Waals surface area contributed by atoms with Crippen molar-refractivity contribution in [2.45, 2.75) is 122 Å². The highest BCUT2D eigenvalue weighted by Crippen LogP contribution is 2.31. The smallest absolute Gasteiger partial charge is 0.243 e. The van der Waals surface area contributed by atoms with Gasteiger partial charge in [-0.2, -0.15) is 0 Å². The summed E-state index contributed by atoms with van der Waals surface area (Å²) in [6.45, 7) is 12.6. The van der Waals surface area contributed by atoms with Crippen molar-refractivity contribution >= 4 is 28.5 Å². The van der Waals surface area contributed by atoms with E-state index >= 15 is 0 Å². The van der Waals surface area contributed by atoms with E-state index in [1.807, 2.05) is 75.1 Å². The Morgan fingerprint density at radius 3 is 2.14 bits per heavy atom. The second kappa shape index (κ2) is 17.7. The van der Waals surface area contributed by atoms with E-state index in [-0.39, 0.29) is 23.7 Å². The van der Waals surface area contributed by atoms with Gasteiger partial charge in [0.2, 0.25) is 17.7 Å². The SMILES string of the molecule is CCC(C)C(NC(=O)C(C)NC1(C(=O)N2CCN(C)CC2)CCCCC1)C(=O)N[C@@H](Cc1ccc2ccccc2c1)[C@@H](O)[C@@H](O)CC(C)C. The predicted octanol–water partition coefficient (Wildman–Crippen LogP) is 3.62. The quantitative estimate of drug-likeness (QED) is 0.194. The number of nitrogens with zero attached hydrogens (tertiary/aromatic N) is 2. The zero-order valence-electron chi connectivity index (χ0n) is 30.6. The summed E-state index contributed by atoms with van der Waals surface area (Å²) in [5.41, 5.74) is 0.116. The average Bonchev–Trinajstić information content (AvgIpc) is 3.09. The third-order valence-electron chi connectivity index (χ3n) is 10.7. The Hall–Kier alpha value is -3.05. The van der Waals surface area contributed by atoms with E-state index < -0.39 is 41.8 Å². The molecular weight excluding hydrogens is 618 g/mol. The summed E-state index contributed by atoms with van der Waals surface area (Å²) in [5, 5.41) is 34.0. The third-order valence-corrected chi connectivity index (χ3v) is 10.7. The standard InChI is InChI=1S/C39H61N5O5/c1-7-27(4)34(41-36(47)28(5)42-39(17-11-8-12-18-39)38(49)44-21-19-43(6)20-22-44)37(48)40-32(35(46)33(45)23-26(2)3)25-29-15-16-30-13-9-10-14-31(30)24-29/h9-10,13-16,24,26-28,32-35,42,45-46H,7-8,11-12,17-23,25H2,1-6H3,(H,40,48)(H,41,47)/t27?,28?,32-,33-,34?,35+/m0/s1. The first-order valence-corrected chi connectivity index (χ1v) is 18.5. The molecule has 2 aromatic carbocycles. The molecule has 3 amide bonds. The molecule has 1 saturated heterocycles. The van der Waals surface area contributed by atoms with E-state index in [1.165, 1.54) is 0 Å². The molecule has 1 aliphatic heterocycles. The van der Waals surface area contributed by atoms with Crippen LogP contribution in [0, 0.1) is 11.8 Å². The highest BCUT2D eigenvalue weighted by molar-refractivity contribution is 5.92. The van der Waals surface area contributed by atoms with Crippen LogP contribution < -0.4 is 16.0 Å². The molecule has 0 spiro atoms. The minimum absolute atomic E-state index is 0.0710. The van der Waals surface area contributed by atoms with Crippen molar-refractivity contribution in [1.82, 2.24) is 25.8 Å². The Morgan fingerprint density at radius 1 is 0.857 bits per heavy atom. The predicted molar refractivity (Wildman–Crippen MR) is 195 cm³/mol. The lowest BCUT2D eigenvalue weighted by molar-refractivity contribution is -0.143. The van der Waals surface area contributed by atoms with E-state index in [0.717, 1.165) is 48.7 Å². The van der Waals surface area contributed by atoms with Crippen LogP contribution in [0.3, 0.4) is 0 Å². The number of hydrogen-bond acceptors (Lipinski definition) is 7. The lowest BCUT2D eigenvalue weighted by Crippen LogP contribution is -2.66. The van der Waals surface area contributed by atoms with Gasteiger partial charge in [0.05, 0.1) is 23.7 Å². The Labute approximate surface area is 293 Å². The average molecular weight is 680 g/mol. The number of likely N-dealkylation sites (N-methyl/N-ethyl adjacent to an activating group) is 1. The molecule has 3 unspecified atom stereocenters. The molecular formula is C39H61N5O5. The molecule has 0 aromatic heterocycles. The van der Waals surface area contributed by atoms with Crippen LogP contribution in [0.15, 0.2) is 42.5 Å². The fourth-order valence-electron chi connectivity index (χ4n) is 7.39. The van der Waals surface area contributed by atoms with E-state index in [1.54, 1.807) is 6.92 Å². The fourth-order valence-corrected chi connectivity index (χ4v) is 7.39. The number of carbonyl (C=O) groups excluding carboxylic acids is 3. The second-order valence-electron chi connectivity index (χ2n) is 15.2. The van der Waals surface area contributed by atoms with Crippen LogP contribution in [0.4, 0.5) is 0 Å². The van der Waals surface area contributed by atoms with E-state index in [2.05, 4.69) is 27.9 Å². The number of hydrogen-bond donors (Lipinski definition) is 5. The second-order valence-corrected chi connectivity index (χ2v) is 15.2. The molecule has 2 aliphatic rings. The Morgan fingerprint density at radius 2 is 1.51 bits per heavy atom. The highest BCUT2D eigenvalue weighted by atomic mass is 16.3. The monoisotopic (exact) mass is 679 g/mol. The van der Waals surface area contributed by atoms with Crippen molar-refractivity contribution < 1.29 is 24.6 Å². The number of benzene rings is 2. The summed E-state index contributed by atoms with van der Waals surface area (Å²) in [7, 11) is 2.06. The van der Waals surface area contributed by atoms with Gasteiger partial charge in [-0.3, -0.25) is 19.7 Å². The molecule has 6 atom stereocenters. The van der Waals surface area contributed by atoms with Crippen molar-refractivity contribution in [2.24, 2.45) is 11.8 Å². The summed E-state index contributed by atoms with van der Waals surface area (Å²) < 4.78 is 0. The van der Waals surface area contributed by atoms with Crippen molar-refractivity contribution in [3.05, 3.63) is 48.0 Å². The normalized spacial score (nSPS) is 20.6. The number of aliphatic hydroxyl groups excluding tert-OH is 2. The molecule has 10 nitrogen and oxygen atoms in total. The molecule has 1 aliphatic carbocycles. The summed E-state index contributed by atoms with van der Waals surface area (Å²) >= 11 is 0. The molecule has 49 heavy (non-hydrogen) atoms. The van der Waals surface area contributed by atoms with Gasteiger partial charge in [0, 0.05) is 26.2 Å². The van der Waals surface area contributed by atoms with Crippen molar-refractivity contribution in [3.63, 3.8) is 0 Å². The number of aliphatic hydroxyl groups is 2. The number of rotatable bonds is 15. The topological polar surface area (TPSA) is 134 Å². The molecule has 10 heteroatoms. The zero-order chi connectivity index (χ0) is 35.7. The van der Waals surface area contributed by atoms with Gasteiger partial charge in [-0.1, -0.05) is 95.8 Å². The number of nitrogens with one attached hydrogen (secondary N) is 3. The van der Waals surface area contributed by atoms with Gasteiger partial charge < -0.3 is 30.6 Å². The Bertz CT molecular complexity index is 1390. The number of carbonyl (C=O) groups is 3. The maximum absolute atomic E-state index is 14.1. The highest BCUT2D eigenvalue weighted by Gasteiger charge is 2.44. The third kappa shape index (κ3) is 10.2. The van der Waals surface area contributed by atoms with Crippen molar-refractivity contribution in [1.29, 1.82) is 0 Å². The molecule has 0 bridgehead atoms. The van der Waals surface area contributed by atoms with Gasteiger partial charge in [0.15, 0.2) is 0 Å². The largest absolute Gasteiger partial charge is 0.390 e. The van der Waals surface area contributed by atoms with Crippen LogP contribution in [0.2, 0.25) is 0 Å². The molecule has 5 N–H and O–H groups in total. The maximum atomic E-state index is 14.1. The maximum Gasteiger partial charge on any atom is 0.243 e. The van der Waals surface area contributed by atoms with Crippen LogP contribution in [-0.2, 0) is 20.8 Å². The molecule has 272 valence electrons. The first-order valence-electron chi connectivity index (χ1n) is 18.5. The Balaban J connectivity index is 1.50. The van der Waals surface area contributed by atoms with Gasteiger partial charge >= 0.3 is 0 Å². The van der Waals surface area contributed by atoms with Gasteiger partial charge in [-0.25, -0.2) is 0 Å². The summed E-state index contributed by atoms with van der Waals surface area (Å²) in [4.78, 5) is 46.0. The van der Waals surface area contributed by atoms with Crippen molar-refractivity contribution in [3.8, 4) is 0 Å². The molecule has 0 radical (unpaired) electrons. The number of amides is 3. The fraction of sp³-hybridized carbons (Fsp3) is 0.667. The zero-order valence-corrected chi connectivity index (χ0v) is 30.6. The molecule has 2 aromatic rings. The molecule has 1 saturated carbocycles. The Kier molecular flexibility index (Phi) is 14.0. The first kappa shape index (κ1) is 38.7. The summed E-state index contributed by atoms with van der Waals surface area (Å²) in [6, 6.07) is 11.7. The van der Waals surface area contributed by atoms with E-state index in [0.29, 0.717) is 45.2 Å².